The molecule has 0 aliphatic heterocycles. The molecule has 1 rings (SSSR count). The van der Waals surface area contributed by atoms with Crippen LogP contribution in [-0.4, -0.2) is 24.4 Å². The highest BCUT2D eigenvalue weighted by molar-refractivity contribution is 14.1. The van der Waals surface area contributed by atoms with Crippen LogP contribution in [0.15, 0.2) is 6.07 Å². The summed E-state index contributed by atoms with van der Waals surface area (Å²) in [5, 5.41) is 0. The molecule has 4 nitrogen and oxygen atoms in total. The average molecular weight is 397 g/mol. The smallest absolute Gasteiger partial charge is 0.464 e. The van der Waals surface area contributed by atoms with E-state index in [0.29, 0.717) is 6.07 Å². The highest BCUT2D eigenvalue weighted by atomic mass is 127. The van der Waals surface area contributed by atoms with Gasteiger partial charge in [-0.25, -0.2) is 18.6 Å². The van der Waals surface area contributed by atoms with Crippen molar-refractivity contribution in [2.24, 2.45) is 0 Å². The number of rotatable bonds is 3. The van der Waals surface area contributed by atoms with Crippen LogP contribution in [0.4, 0.5) is 22.0 Å². The number of halogens is 6. The summed E-state index contributed by atoms with van der Waals surface area (Å²) < 4.78 is 69.0. The van der Waals surface area contributed by atoms with Gasteiger partial charge in [-0.1, -0.05) is 0 Å². The number of methoxy groups -OCH3 is 1. The molecule has 1 aromatic heterocycles. The van der Waals surface area contributed by atoms with E-state index >= 15 is 0 Å². The van der Waals surface area contributed by atoms with Gasteiger partial charge in [0.15, 0.2) is 5.69 Å². The van der Waals surface area contributed by atoms with Crippen LogP contribution in [0.3, 0.4) is 0 Å². The molecule has 1 aromatic rings. The number of carbonyl (C=O) groups excluding carboxylic acids is 1. The summed E-state index contributed by atoms with van der Waals surface area (Å²) in [6.45, 7) is 0. The molecule has 0 N–H and O–H groups in total. The molecule has 0 amide bonds. The Hall–Kier alpha value is -1.20. The summed E-state index contributed by atoms with van der Waals surface area (Å²) in [6, 6.07) is 0.686. The lowest BCUT2D eigenvalue weighted by atomic mass is 10.2. The maximum atomic E-state index is 12.6. The molecule has 0 saturated heterocycles. The van der Waals surface area contributed by atoms with E-state index in [4.69, 9.17) is 0 Å². The lowest BCUT2D eigenvalue weighted by Gasteiger charge is -2.13. The van der Waals surface area contributed by atoms with Gasteiger partial charge in [-0.15, -0.1) is 13.2 Å². The standard InChI is InChI=1S/C9H5F5INO3/c1-18-8(17)5-4(15)2-3(6(10)11)7(16-5)19-9(12,13)14/h2,6H,1H3. The summed E-state index contributed by atoms with van der Waals surface area (Å²) in [7, 11) is 0.978. The second-order valence-electron chi connectivity index (χ2n) is 3.05. The Balaban J connectivity index is 3.35. The molecule has 0 radical (unpaired) electrons. The molecule has 0 spiro atoms. The number of esters is 1. The van der Waals surface area contributed by atoms with Gasteiger partial charge in [0, 0.05) is 3.57 Å². The maximum absolute atomic E-state index is 12.6. The number of alkyl halides is 5. The van der Waals surface area contributed by atoms with Crippen molar-refractivity contribution in [3.05, 3.63) is 20.9 Å². The van der Waals surface area contributed by atoms with Crippen LogP contribution < -0.4 is 4.74 Å². The van der Waals surface area contributed by atoms with Crippen LogP contribution in [0.5, 0.6) is 5.88 Å². The van der Waals surface area contributed by atoms with Gasteiger partial charge in [-0.2, -0.15) is 0 Å². The molecular weight excluding hydrogens is 392 g/mol. The summed E-state index contributed by atoms with van der Waals surface area (Å²) in [4.78, 5) is 14.4. The molecular formula is C9H5F5INO3. The van der Waals surface area contributed by atoms with Crippen LogP contribution in [0.25, 0.3) is 0 Å². The fraction of sp³-hybridized carbons (Fsp3) is 0.333. The topological polar surface area (TPSA) is 48.4 Å². The first-order valence-corrected chi connectivity index (χ1v) is 5.56. The number of aromatic nitrogens is 1. The number of pyridine rings is 1. The highest BCUT2D eigenvalue weighted by Crippen LogP contribution is 2.33. The summed E-state index contributed by atoms with van der Waals surface area (Å²) in [6.07, 6.45) is -8.43. The maximum Gasteiger partial charge on any atom is 0.574 e. The van der Waals surface area contributed by atoms with Crippen LogP contribution in [0, 0.1) is 3.57 Å². The number of carbonyl (C=O) groups is 1. The van der Waals surface area contributed by atoms with E-state index in [1.165, 1.54) is 22.6 Å². The van der Waals surface area contributed by atoms with Gasteiger partial charge in [0.05, 0.1) is 12.7 Å². The number of hydrogen-bond donors (Lipinski definition) is 0. The Bertz CT molecular complexity index is 491. The van der Waals surface area contributed by atoms with Crippen molar-refractivity contribution in [1.82, 2.24) is 4.98 Å². The summed E-state index contributed by atoms with van der Waals surface area (Å²) >= 11 is 1.48. The molecule has 10 heteroatoms. The molecule has 1 heterocycles. The monoisotopic (exact) mass is 397 g/mol. The predicted molar refractivity (Wildman–Crippen MR) is 59.9 cm³/mol. The predicted octanol–water partition coefficient (Wildman–Crippen LogP) is 3.31. The van der Waals surface area contributed by atoms with Crippen molar-refractivity contribution in [2.45, 2.75) is 12.8 Å². The van der Waals surface area contributed by atoms with Crippen molar-refractivity contribution < 1.29 is 36.2 Å². The fourth-order valence-corrected chi connectivity index (χ4v) is 1.75. The number of ether oxygens (including phenoxy) is 2. The van der Waals surface area contributed by atoms with Gasteiger partial charge in [-0.3, -0.25) is 0 Å². The van der Waals surface area contributed by atoms with E-state index in [1.807, 2.05) is 0 Å². The van der Waals surface area contributed by atoms with Gasteiger partial charge in [0.25, 0.3) is 6.43 Å². The van der Waals surface area contributed by atoms with Crippen molar-refractivity contribution in [3.63, 3.8) is 0 Å². The lowest BCUT2D eigenvalue weighted by molar-refractivity contribution is -0.276. The molecule has 0 saturated carbocycles. The van der Waals surface area contributed by atoms with Crippen molar-refractivity contribution in [2.75, 3.05) is 7.11 Å². The third-order valence-electron chi connectivity index (χ3n) is 1.79. The Morgan fingerprint density at radius 1 is 1.42 bits per heavy atom. The molecule has 0 aliphatic carbocycles. The summed E-state index contributed by atoms with van der Waals surface area (Å²) in [5.74, 6) is -2.43. The normalized spacial score (nSPS) is 11.6. The van der Waals surface area contributed by atoms with Crippen molar-refractivity contribution in [1.29, 1.82) is 0 Å². The Morgan fingerprint density at radius 3 is 2.42 bits per heavy atom. The first-order valence-electron chi connectivity index (χ1n) is 4.48. The Labute approximate surface area is 117 Å². The van der Waals surface area contributed by atoms with E-state index < -0.39 is 35.9 Å². The SMILES string of the molecule is COC(=O)c1nc(OC(F)(F)F)c(C(F)F)cc1I. The Kier molecular flexibility index (Phi) is 4.87. The molecule has 0 bridgehead atoms. The van der Waals surface area contributed by atoms with E-state index in [9.17, 15) is 26.7 Å². The lowest BCUT2D eigenvalue weighted by Crippen LogP contribution is -2.20. The van der Waals surface area contributed by atoms with Gasteiger partial charge in [0.2, 0.25) is 5.88 Å². The molecule has 0 fully saturated rings. The third-order valence-corrected chi connectivity index (χ3v) is 2.62. The first kappa shape index (κ1) is 15.9. The fourth-order valence-electron chi connectivity index (χ4n) is 1.07. The number of hydrogen-bond acceptors (Lipinski definition) is 4. The quantitative estimate of drug-likeness (QED) is 0.446. The molecule has 0 atom stereocenters. The molecule has 0 aromatic carbocycles. The molecule has 0 aliphatic rings. The zero-order valence-corrected chi connectivity index (χ0v) is 11.3. The van der Waals surface area contributed by atoms with E-state index in [2.05, 4.69) is 14.5 Å². The van der Waals surface area contributed by atoms with Crippen LogP contribution in [-0.2, 0) is 4.74 Å². The van der Waals surface area contributed by atoms with Gasteiger partial charge < -0.3 is 9.47 Å². The zero-order valence-electron chi connectivity index (χ0n) is 9.09. The number of nitrogens with zero attached hydrogens (tertiary/aromatic N) is 1. The average Bonchev–Trinajstić information content (AvgIpc) is 2.27. The van der Waals surface area contributed by atoms with Crippen LogP contribution in [0.2, 0.25) is 0 Å². The van der Waals surface area contributed by atoms with E-state index in [0.717, 1.165) is 7.11 Å². The van der Waals surface area contributed by atoms with Crippen LogP contribution >= 0.6 is 22.6 Å². The van der Waals surface area contributed by atoms with Gasteiger partial charge in [0.1, 0.15) is 0 Å². The second kappa shape index (κ2) is 5.84. The molecule has 19 heavy (non-hydrogen) atoms. The summed E-state index contributed by atoms with van der Waals surface area (Å²) in [5.41, 5.74) is -1.60. The Morgan fingerprint density at radius 2 is 2.00 bits per heavy atom. The van der Waals surface area contributed by atoms with Crippen LogP contribution in [0.1, 0.15) is 22.5 Å². The molecule has 0 unspecified atom stereocenters. The van der Waals surface area contributed by atoms with Crippen molar-refractivity contribution >= 4 is 28.6 Å². The largest absolute Gasteiger partial charge is 0.574 e. The molecule has 106 valence electrons. The van der Waals surface area contributed by atoms with Crippen molar-refractivity contribution in [3.8, 4) is 5.88 Å². The second-order valence-corrected chi connectivity index (χ2v) is 4.22. The van der Waals surface area contributed by atoms with E-state index in [-0.39, 0.29) is 3.57 Å². The van der Waals surface area contributed by atoms with Gasteiger partial charge >= 0.3 is 12.3 Å². The minimum atomic E-state index is -5.20. The van der Waals surface area contributed by atoms with E-state index in [1.54, 1.807) is 0 Å². The third kappa shape index (κ3) is 4.14. The zero-order chi connectivity index (χ0) is 14.8. The van der Waals surface area contributed by atoms with Gasteiger partial charge in [-0.05, 0) is 28.7 Å². The minimum absolute atomic E-state index is 0.0747. The first-order chi connectivity index (χ1) is 8.65. The highest BCUT2D eigenvalue weighted by Gasteiger charge is 2.35. The minimum Gasteiger partial charge on any atom is -0.464 e.